The first-order valence-electron chi connectivity index (χ1n) is 15.8. The average Bonchev–Trinajstić information content (AvgIpc) is 3.64. The fraction of sp³-hybridized carbons (Fsp3) is 0.114. The number of hydrogen-bond acceptors (Lipinski definition) is 1. The van der Waals surface area contributed by atoms with Crippen LogP contribution in [0.1, 0.15) is 65.3 Å². The van der Waals surface area contributed by atoms with Crippen LogP contribution in [-0.4, -0.2) is 5.71 Å². The zero-order valence-electron chi connectivity index (χ0n) is 25.9. The Morgan fingerprint density at radius 3 is 1.51 bits per heavy atom. The molecule has 0 bridgehead atoms. The molecule has 1 nitrogen and oxygen atoms in total. The molecule has 0 N–H and O–H groups in total. The van der Waals surface area contributed by atoms with Crippen molar-refractivity contribution >= 4 is 11.4 Å². The minimum Gasteiger partial charge on any atom is -0.253 e. The molecule has 0 heterocycles. The molecule has 3 aliphatic rings. The van der Waals surface area contributed by atoms with Gasteiger partial charge in [0.15, 0.2) is 0 Å². The second-order valence-electron chi connectivity index (χ2n) is 13.2. The summed E-state index contributed by atoms with van der Waals surface area (Å²) in [5.74, 6) is 0. The Kier molecular flexibility index (Phi) is 5.30. The molecule has 6 aromatic carbocycles. The van der Waals surface area contributed by atoms with Gasteiger partial charge in [0.25, 0.3) is 0 Å². The molecule has 0 aromatic heterocycles. The van der Waals surface area contributed by atoms with Gasteiger partial charge in [0.2, 0.25) is 0 Å². The Morgan fingerprint density at radius 1 is 0.467 bits per heavy atom. The average molecular weight is 576 g/mol. The van der Waals surface area contributed by atoms with Gasteiger partial charge in [-0.05, 0) is 73.7 Å². The fourth-order valence-corrected chi connectivity index (χ4v) is 8.76. The quantitative estimate of drug-likeness (QED) is 0.186. The van der Waals surface area contributed by atoms with Crippen LogP contribution in [-0.2, 0) is 10.8 Å². The first-order valence-corrected chi connectivity index (χ1v) is 15.8. The first-order chi connectivity index (χ1) is 21.9. The van der Waals surface area contributed by atoms with Crippen LogP contribution in [0.15, 0.2) is 145 Å². The molecule has 45 heavy (non-hydrogen) atoms. The highest BCUT2D eigenvalue weighted by Crippen LogP contribution is 2.63. The van der Waals surface area contributed by atoms with E-state index >= 15 is 0 Å². The van der Waals surface area contributed by atoms with E-state index in [4.69, 9.17) is 4.99 Å². The third-order valence-corrected chi connectivity index (χ3v) is 10.6. The van der Waals surface area contributed by atoms with Crippen molar-refractivity contribution in [1.82, 2.24) is 0 Å². The number of benzene rings is 6. The normalized spacial score (nSPS) is 15.6. The van der Waals surface area contributed by atoms with Gasteiger partial charge in [0.05, 0.1) is 11.1 Å². The Labute approximate surface area is 265 Å². The maximum absolute atomic E-state index is 5.29. The first kappa shape index (κ1) is 26.2. The van der Waals surface area contributed by atoms with Crippen molar-refractivity contribution in [3.63, 3.8) is 0 Å². The van der Waals surface area contributed by atoms with Gasteiger partial charge in [-0.25, -0.2) is 0 Å². The third kappa shape index (κ3) is 3.25. The Morgan fingerprint density at radius 2 is 0.889 bits per heavy atom. The monoisotopic (exact) mass is 575 g/mol. The van der Waals surface area contributed by atoms with Crippen molar-refractivity contribution < 1.29 is 0 Å². The van der Waals surface area contributed by atoms with E-state index in [-0.39, 0.29) is 10.8 Å². The van der Waals surface area contributed by atoms with Crippen LogP contribution < -0.4 is 0 Å². The molecule has 0 saturated heterocycles. The summed E-state index contributed by atoms with van der Waals surface area (Å²) in [5.41, 5.74) is 19.5. The molecule has 0 radical (unpaired) electrons. The largest absolute Gasteiger partial charge is 0.253 e. The molecule has 214 valence electrons. The van der Waals surface area contributed by atoms with Gasteiger partial charge >= 0.3 is 0 Å². The molecule has 6 aromatic rings. The van der Waals surface area contributed by atoms with E-state index in [1.165, 1.54) is 66.8 Å². The van der Waals surface area contributed by atoms with Crippen molar-refractivity contribution in [3.8, 4) is 33.4 Å². The molecular weight excluding hydrogens is 542 g/mol. The van der Waals surface area contributed by atoms with E-state index in [9.17, 15) is 0 Å². The molecule has 3 aliphatic carbocycles. The zero-order valence-corrected chi connectivity index (χ0v) is 25.9. The van der Waals surface area contributed by atoms with Gasteiger partial charge in [0.1, 0.15) is 0 Å². The summed E-state index contributed by atoms with van der Waals surface area (Å²) in [6, 6.07) is 49.1. The minimum atomic E-state index is -0.359. The topological polar surface area (TPSA) is 12.4 Å². The van der Waals surface area contributed by atoms with Crippen molar-refractivity contribution in [2.45, 2.75) is 31.6 Å². The highest BCUT2D eigenvalue weighted by atomic mass is 14.8. The number of rotatable bonds is 3. The second kappa shape index (κ2) is 9.13. The van der Waals surface area contributed by atoms with E-state index in [2.05, 4.69) is 161 Å². The summed E-state index contributed by atoms with van der Waals surface area (Å²) >= 11 is 0. The molecule has 0 amide bonds. The summed E-state index contributed by atoms with van der Waals surface area (Å²) in [7, 11) is 0. The predicted molar refractivity (Wildman–Crippen MR) is 188 cm³/mol. The van der Waals surface area contributed by atoms with Crippen LogP contribution in [0.25, 0.3) is 39.1 Å². The molecule has 0 saturated carbocycles. The van der Waals surface area contributed by atoms with Gasteiger partial charge in [-0.1, -0.05) is 154 Å². The van der Waals surface area contributed by atoms with E-state index in [0.717, 1.165) is 22.5 Å². The molecule has 0 unspecified atom stereocenters. The highest BCUT2D eigenvalue weighted by molar-refractivity contribution is 6.10. The Hall–Kier alpha value is -5.27. The van der Waals surface area contributed by atoms with E-state index in [0.29, 0.717) is 0 Å². The molecular formula is C44H33N. The van der Waals surface area contributed by atoms with Crippen LogP contribution in [0, 0.1) is 0 Å². The van der Waals surface area contributed by atoms with Crippen molar-refractivity contribution in [2.24, 2.45) is 4.99 Å². The molecule has 1 heteroatoms. The maximum Gasteiger partial charge on any atom is 0.0725 e. The molecule has 0 aliphatic heterocycles. The summed E-state index contributed by atoms with van der Waals surface area (Å²) < 4.78 is 0. The van der Waals surface area contributed by atoms with Crippen LogP contribution in [0.4, 0.5) is 0 Å². The lowest BCUT2D eigenvalue weighted by Gasteiger charge is -2.30. The lowest BCUT2D eigenvalue weighted by atomic mass is 9.70. The molecule has 1 spiro atoms. The summed E-state index contributed by atoms with van der Waals surface area (Å²) in [5, 5.41) is 0. The Bertz CT molecular complexity index is 2230. The van der Waals surface area contributed by atoms with Gasteiger partial charge in [-0.15, -0.1) is 0 Å². The fourth-order valence-electron chi connectivity index (χ4n) is 8.76. The third-order valence-electron chi connectivity index (χ3n) is 10.6. The summed E-state index contributed by atoms with van der Waals surface area (Å²) in [6.45, 7) is 11.4. The van der Waals surface area contributed by atoms with E-state index < -0.39 is 0 Å². The predicted octanol–water partition coefficient (Wildman–Crippen LogP) is 10.8. The van der Waals surface area contributed by atoms with Gasteiger partial charge in [0, 0.05) is 22.3 Å². The minimum absolute atomic E-state index is 0.0624. The SMILES string of the molecule is C=C(N=C(C)c1cccc2c1-c1ccccc1C21c2ccccc2-c2ccccc21)c1cccc2c1-c1ccccc1C2(C)C. The van der Waals surface area contributed by atoms with Gasteiger partial charge in [-0.2, -0.15) is 0 Å². The van der Waals surface area contributed by atoms with Gasteiger partial charge in [-0.3, -0.25) is 4.99 Å². The summed E-state index contributed by atoms with van der Waals surface area (Å²) in [6.07, 6.45) is 0. The van der Waals surface area contributed by atoms with E-state index in [1.54, 1.807) is 0 Å². The standard InChI is InChI=1S/C44H33N/c1-27(29-19-13-25-39-41(29)33-17-7-9-21-35(33)43(39,3)4)45-28(2)30-20-14-26-40-42(30)34-18-8-12-24-38(34)44(40)36-22-10-5-15-31(36)32-16-6-11-23-37(32)44/h5-26H,1H2,2-4H3. The van der Waals surface area contributed by atoms with Crippen LogP contribution in [0.3, 0.4) is 0 Å². The van der Waals surface area contributed by atoms with E-state index in [1.807, 2.05) is 0 Å². The van der Waals surface area contributed by atoms with Crippen molar-refractivity contribution in [3.05, 3.63) is 185 Å². The van der Waals surface area contributed by atoms with Gasteiger partial charge < -0.3 is 0 Å². The second-order valence-corrected chi connectivity index (χ2v) is 13.2. The maximum atomic E-state index is 5.29. The number of fused-ring (bicyclic) bond motifs is 13. The molecule has 9 rings (SSSR count). The summed E-state index contributed by atoms with van der Waals surface area (Å²) in [4.78, 5) is 5.29. The molecule has 0 fully saturated rings. The molecule has 0 atom stereocenters. The number of nitrogens with zero attached hydrogens (tertiary/aromatic N) is 1. The highest BCUT2D eigenvalue weighted by Gasteiger charge is 2.52. The van der Waals surface area contributed by atoms with Crippen LogP contribution in [0.2, 0.25) is 0 Å². The van der Waals surface area contributed by atoms with Crippen LogP contribution >= 0.6 is 0 Å². The van der Waals surface area contributed by atoms with Crippen molar-refractivity contribution in [1.29, 1.82) is 0 Å². The Balaban J connectivity index is 1.25. The number of aliphatic imine (C=N–C) groups is 1. The van der Waals surface area contributed by atoms with Crippen LogP contribution in [0.5, 0.6) is 0 Å². The zero-order chi connectivity index (χ0) is 30.5. The number of hydrogen-bond donors (Lipinski definition) is 0. The van der Waals surface area contributed by atoms with Crippen molar-refractivity contribution in [2.75, 3.05) is 0 Å². The lowest BCUT2D eigenvalue weighted by Crippen LogP contribution is -2.25. The lowest BCUT2D eigenvalue weighted by molar-refractivity contribution is 0.660. The smallest absolute Gasteiger partial charge is 0.0725 e.